The maximum absolute atomic E-state index is 12.7. The third kappa shape index (κ3) is 3.71. The second-order valence-corrected chi connectivity index (χ2v) is 8.13. The Kier molecular flexibility index (Phi) is 5.37. The van der Waals surface area contributed by atoms with Crippen LogP contribution in [-0.4, -0.2) is 29.3 Å². The highest BCUT2D eigenvalue weighted by Crippen LogP contribution is 2.41. The summed E-state index contributed by atoms with van der Waals surface area (Å²) in [6.45, 7) is 0. The summed E-state index contributed by atoms with van der Waals surface area (Å²) in [4.78, 5) is 23.5. The van der Waals surface area contributed by atoms with Gasteiger partial charge in [-0.2, -0.15) is 5.10 Å². The zero-order valence-corrected chi connectivity index (χ0v) is 18.3. The summed E-state index contributed by atoms with van der Waals surface area (Å²) in [5, 5.41) is 28.5. The molecule has 0 atom stereocenters. The molecule has 0 bridgehead atoms. The van der Waals surface area contributed by atoms with E-state index in [1.165, 1.54) is 12.3 Å². The fraction of sp³-hybridized carbons (Fsp3) is 0.200. The Labute approximate surface area is 193 Å². The van der Waals surface area contributed by atoms with Crippen molar-refractivity contribution >= 4 is 39.6 Å². The summed E-state index contributed by atoms with van der Waals surface area (Å²) >= 11 is 0. The number of nitro groups is 1. The highest BCUT2D eigenvalue weighted by Gasteiger charge is 2.27. The smallest absolute Gasteiger partial charge is 0.315 e. The minimum Gasteiger partial charge on any atom is -0.502 e. The number of phenols is 1. The molecule has 9 heteroatoms. The standard InChI is InChI=1S/C25H21N3O6/c1-33-17-9-8-14-10-16(7-6-15(14)11-17)25(30)27-26-13-19-23-18-4-2-3-5-21(18)34-22(23)12-20(24(19)29)28(31)32/h6-13,29H,2-5H2,1H3,(H,27,30)/b26-13+. The normalized spacial score (nSPS) is 13.3. The largest absolute Gasteiger partial charge is 0.502 e. The van der Waals surface area contributed by atoms with Gasteiger partial charge in [0, 0.05) is 22.9 Å². The van der Waals surface area contributed by atoms with Gasteiger partial charge in [0.05, 0.1) is 29.9 Å². The third-order valence-electron chi connectivity index (χ3n) is 6.10. The maximum atomic E-state index is 12.7. The second kappa shape index (κ2) is 8.51. The number of aromatic hydroxyl groups is 1. The topological polar surface area (TPSA) is 127 Å². The molecule has 1 amide bonds. The SMILES string of the molecule is COc1ccc2cc(C(=O)N/N=C/c3c(O)c([N+](=O)[O-])cc4oc5c(c34)CCCC5)ccc2c1. The molecule has 0 aliphatic heterocycles. The van der Waals surface area contributed by atoms with Gasteiger partial charge >= 0.3 is 5.69 Å². The molecule has 2 N–H and O–H groups in total. The molecule has 1 aliphatic carbocycles. The summed E-state index contributed by atoms with van der Waals surface area (Å²) in [6, 6.07) is 12.0. The molecule has 1 aromatic heterocycles. The van der Waals surface area contributed by atoms with Gasteiger partial charge in [0.15, 0.2) is 0 Å². The predicted octanol–water partition coefficient (Wildman–Crippen LogP) is 4.85. The number of carbonyl (C=O) groups excluding carboxylic acids is 1. The van der Waals surface area contributed by atoms with Crippen molar-refractivity contribution in [2.24, 2.45) is 5.10 Å². The number of nitro benzene ring substituents is 1. The lowest BCUT2D eigenvalue weighted by Gasteiger charge is -2.10. The average Bonchev–Trinajstić information content (AvgIpc) is 3.22. The van der Waals surface area contributed by atoms with Crippen molar-refractivity contribution in [1.82, 2.24) is 5.43 Å². The first-order valence-corrected chi connectivity index (χ1v) is 10.8. The zero-order valence-electron chi connectivity index (χ0n) is 18.3. The van der Waals surface area contributed by atoms with Gasteiger partial charge in [-0.05, 0) is 54.3 Å². The summed E-state index contributed by atoms with van der Waals surface area (Å²) < 4.78 is 11.1. The molecule has 1 heterocycles. The minimum atomic E-state index is -0.670. The number of aryl methyl sites for hydroxylation is 2. The quantitative estimate of drug-likeness (QED) is 0.249. The van der Waals surface area contributed by atoms with E-state index >= 15 is 0 Å². The molecule has 0 radical (unpaired) electrons. The van der Waals surface area contributed by atoms with Gasteiger partial charge in [-0.25, -0.2) is 5.43 Å². The number of fused-ring (bicyclic) bond motifs is 4. The van der Waals surface area contributed by atoms with E-state index in [-0.39, 0.29) is 5.56 Å². The van der Waals surface area contributed by atoms with Crippen molar-refractivity contribution in [2.45, 2.75) is 25.7 Å². The van der Waals surface area contributed by atoms with Crippen molar-refractivity contribution in [2.75, 3.05) is 7.11 Å². The molecule has 0 unspecified atom stereocenters. The minimum absolute atomic E-state index is 0.155. The van der Waals surface area contributed by atoms with Crippen LogP contribution in [0.2, 0.25) is 0 Å². The number of benzene rings is 3. The summed E-state index contributed by atoms with van der Waals surface area (Å²) in [6.07, 6.45) is 4.65. The lowest BCUT2D eigenvalue weighted by molar-refractivity contribution is -0.385. The molecule has 0 spiro atoms. The highest BCUT2D eigenvalue weighted by atomic mass is 16.6. The van der Waals surface area contributed by atoms with Crippen LogP contribution in [0.15, 0.2) is 52.0 Å². The molecule has 4 aromatic rings. The van der Waals surface area contributed by atoms with Crippen molar-refractivity contribution in [3.8, 4) is 11.5 Å². The van der Waals surface area contributed by atoms with Crippen LogP contribution in [0.25, 0.3) is 21.7 Å². The average molecular weight is 459 g/mol. The first-order valence-electron chi connectivity index (χ1n) is 10.8. The van der Waals surface area contributed by atoms with Gasteiger partial charge in [0.1, 0.15) is 17.1 Å². The summed E-state index contributed by atoms with van der Waals surface area (Å²) in [5.74, 6) is 0.528. The predicted molar refractivity (Wildman–Crippen MR) is 127 cm³/mol. The Morgan fingerprint density at radius 2 is 1.94 bits per heavy atom. The Hall–Kier alpha value is -4.40. The summed E-state index contributed by atoms with van der Waals surface area (Å²) in [5.41, 5.74) is 3.76. The van der Waals surface area contributed by atoms with E-state index in [2.05, 4.69) is 10.5 Å². The van der Waals surface area contributed by atoms with Gasteiger partial charge in [-0.15, -0.1) is 0 Å². The third-order valence-corrected chi connectivity index (χ3v) is 6.10. The number of hydrogen-bond donors (Lipinski definition) is 2. The second-order valence-electron chi connectivity index (χ2n) is 8.13. The first kappa shape index (κ1) is 21.4. The van der Waals surface area contributed by atoms with Gasteiger partial charge in [-0.1, -0.05) is 12.1 Å². The van der Waals surface area contributed by atoms with Crippen LogP contribution in [0.5, 0.6) is 11.5 Å². The van der Waals surface area contributed by atoms with Crippen LogP contribution < -0.4 is 10.2 Å². The number of furan rings is 1. The number of amides is 1. The van der Waals surface area contributed by atoms with E-state index in [4.69, 9.17) is 9.15 Å². The molecule has 34 heavy (non-hydrogen) atoms. The number of hydrazone groups is 1. The Bertz CT molecular complexity index is 1490. The molecular weight excluding hydrogens is 438 g/mol. The molecule has 0 fully saturated rings. The van der Waals surface area contributed by atoms with Gasteiger partial charge in [-0.3, -0.25) is 14.9 Å². The van der Waals surface area contributed by atoms with Crippen LogP contribution in [0, 0.1) is 10.1 Å². The Morgan fingerprint density at radius 3 is 2.74 bits per heavy atom. The number of phenolic OH excluding ortho intramolecular Hbond substituents is 1. The lowest BCUT2D eigenvalue weighted by atomic mass is 9.93. The summed E-state index contributed by atoms with van der Waals surface area (Å²) in [7, 11) is 1.59. The van der Waals surface area contributed by atoms with E-state index in [9.17, 15) is 20.0 Å². The van der Waals surface area contributed by atoms with Crippen LogP contribution in [0.3, 0.4) is 0 Å². The molecule has 0 saturated heterocycles. The zero-order chi connectivity index (χ0) is 23.8. The fourth-order valence-electron chi connectivity index (χ4n) is 4.41. The molecule has 3 aromatic carbocycles. The Balaban J connectivity index is 1.47. The Morgan fingerprint density at radius 1 is 1.18 bits per heavy atom. The van der Waals surface area contributed by atoms with Crippen LogP contribution >= 0.6 is 0 Å². The number of nitrogens with one attached hydrogen (secondary N) is 1. The van der Waals surface area contributed by atoms with Crippen molar-refractivity contribution in [1.29, 1.82) is 0 Å². The lowest BCUT2D eigenvalue weighted by Crippen LogP contribution is -2.17. The van der Waals surface area contributed by atoms with Gasteiger partial charge < -0.3 is 14.3 Å². The van der Waals surface area contributed by atoms with E-state index < -0.39 is 22.3 Å². The highest BCUT2D eigenvalue weighted by molar-refractivity contribution is 6.05. The van der Waals surface area contributed by atoms with Gasteiger partial charge in [0.2, 0.25) is 5.75 Å². The molecule has 5 rings (SSSR count). The van der Waals surface area contributed by atoms with Gasteiger partial charge in [0.25, 0.3) is 5.91 Å². The van der Waals surface area contributed by atoms with Crippen LogP contribution in [-0.2, 0) is 12.8 Å². The number of ether oxygens (including phenoxy) is 1. The first-order chi connectivity index (χ1) is 16.5. The number of hydrogen-bond acceptors (Lipinski definition) is 7. The molecular formula is C25H21N3O6. The van der Waals surface area contributed by atoms with E-state index in [1.54, 1.807) is 19.2 Å². The molecule has 1 aliphatic rings. The van der Waals surface area contributed by atoms with E-state index in [0.717, 1.165) is 53.5 Å². The number of methoxy groups -OCH3 is 1. The number of nitrogens with zero attached hydrogens (tertiary/aromatic N) is 2. The number of carbonyl (C=O) groups is 1. The fourth-order valence-corrected chi connectivity index (χ4v) is 4.41. The van der Waals surface area contributed by atoms with E-state index in [0.29, 0.717) is 16.5 Å². The van der Waals surface area contributed by atoms with E-state index in [1.807, 2.05) is 24.3 Å². The van der Waals surface area contributed by atoms with Crippen molar-refractivity contribution in [3.63, 3.8) is 0 Å². The molecule has 0 saturated carbocycles. The van der Waals surface area contributed by atoms with Crippen LogP contribution in [0.1, 0.15) is 40.1 Å². The van der Waals surface area contributed by atoms with Crippen molar-refractivity contribution in [3.05, 3.63) is 75.0 Å². The molecule has 172 valence electrons. The molecule has 9 nitrogen and oxygen atoms in total. The van der Waals surface area contributed by atoms with Crippen molar-refractivity contribution < 1.29 is 24.0 Å². The maximum Gasteiger partial charge on any atom is 0.315 e. The monoisotopic (exact) mass is 459 g/mol. The van der Waals surface area contributed by atoms with Crippen LogP contribution in [0.4, 0.5) is 5.69 Å². The number of rotatable bonds is 5.